The van der Waals surface area contributed by atoms with Gasteiger partial charge in [-0.3, -0.25) is 0 Å². The molecule has 0 spiro atoms. The van der Waals surface area contributed by atoms with Crippen LogP contribution in [0.4, 0.5) is 0 Å². The second kappa shape index (κ2) is 3.63. The SMILES string of the molecule is C=C(CBr)c1ccc(O)c(O)c1. The van der Waals surface area contributed by atoms with Crippen molar-refractivity contribution in [2.24, 2.45) is 0 Å². The van der Waals surface area contributed by atoms with Crippen LogP contribution in [0.1, 0.15) is 5.56 Å². The van der Waals surface area contributed by atoms with E-state index in [0.29, 0.717) is 5.33 Å². The first-order valence-electron chi connectivity index (χ1n) is 3.41. The number of hydrogen-bond donors (Lipinski definition) is 2. The summed E-state index contributed by atoms with van der Waals surface area (Å²) in [6.07, 6.45) is 0. The zero-order valence-electron chi connectivity index (χ0n) is 6.42. The van der Waals surface area contributed by atoms with Crippen LogP contribution in [0.5, 0.6) is 11.5 Å². The molecule has 0 saturated heterocycles. The standard InChI is InChI=1S/C9H9BrO2/c1-6(5-10)7-2-3-8(11)9(12)4-7/h2-4,11-12H,1,5H2. The lowest BCUT2D eigenvalue weighted by Crippen LogP contribution is -1.82. The number of benzene rings is 1. The lowest BCUT2D eigenvalue weighted by Gasteiger charge is -2.03. The average Bonchev–Trinajstić information content (AvgIpc) is 2.08. The molecule has 0 heterocycles. The van der Waals surface area contributed by atoms with Gasteiger partial charge in [-0.2, -0.15) is 0 Å². The summed E-state index contributed by atoms with van der Waals surface area (Å²) in [5.41, 5.74) is 1.69. The lowest BCUT2D eigenvalue weighted by atomic mass is 10.1. The van der Waals surface area contributed by atoms with Gasteiger partial charge in [0.05, 0.1) is 0 Å². The maximum Gasteiger partial charge on any atom is 0.157 e. The number of alkyl halides is 1. The van der Waals surface area contributed by atoms with Crippen molar-refractivity contribution >= 4 is 21.5 Å². The normalized spacial score (nSPS) is 9.75. The van der Waals surface area contributed by atoms with E-state index in [-0.39, 0.29) is 11.5 Å². The Morgan fingerprint density at radius 3 is 2.50 bits per heavy atom. The van der Waals surface area contributed by atoms with E-state index in [1.165, 1.54) is 12.1 Å². The Bertz CT molecular complexity index is 307. The molecular formula is C9H9BrO2. The molecule has 64 valence electrons. The molecule has 0 aliphatic rings. The maximum absolute atomic E-state index is 9.14. The van der Waals surface area contributed by atoms with Crippen molar-refractivity contribution in [1.82, 2.24) is 0 Å². The topological polar surface area (TPSA) is 40.5 Å². The third-order valence-electron chi connectivity index (χ3n) is 1.54. The fourth-order valence-electron chi connectivity index (χ4n) is 0.821. The summed E-state index contributed by atoms with van der Waals surface area (Å²) in [6, 6.07) is 4.64. The Labute approximate surface area is 79.3 Å². The first-order chi connectivity index (χ1) is 5.65. The van der Waals surface area contributed by atoms with Crippen molar-refractivity contribution in [3.63, 3.8) is 0 Å². The molecule has 1 aromatic carbocycles. The molecule has 12 heavy (non-hydrogen) atoms. The first-order valence-corrected chi connectivity index (χ1v) is 4.53. The van der Waals surface area contributed by atoms with Gasteiger partial charge < -0.3 is 10.2 Å². The van der Waals surface area contributed by atoms with Gasteiger partial charge in [0, 0.05) is 5.33 Å². The van der Waals surface area contributed by atoms with Crippen LogP contribution in [0.15, 0.2) is 24.8 Å². The first kappa shape index (κ1) is 9.13. The molecule has 0 aromatic heterocycles. The van der Waals surface area contributed by atoms with Crippen LogP contribution in [-0.2, 0) is 0 Å². The fourth-order valence-corrected chi connectivity index (χ4v) is 1.14. The molecule has 0 aliphatic carbocycles. The zero-order valence-corrected chi connectivity index (χ0v) is 8.00. The number of phenolic OH excluding ortho intramolecular Hbond substituents is 2. The monoisotopic (exact) mass is 228 g/mol. The van der Waals surface area contributed by atoms with Crippen LogP contribution in [0.3, 0.4) is 0 Å². The predicted molar refractivity (Wildman–Crippen MR) is 52.6 cm³/mol. The summed E-state index contributed by atoms with van der Waals surface area (Å²) in [5, 5.41) is 18.8. The van der Waals surface area contributed by atoms with Crippen molar-refractivity contribution in [2.45, 2.75) is 0 Å². The highest BCUT2D eigenvalue weighted by atomic mass is 79.9. The van der Waals surface area contributed by atoms with Crippen LogP contribution >= 0.6 is 15.9 Å². The molecule has 0 bridgehead atoms. The smallest absolute Gasteiger partial charge is 0.157 e. The van der Waals surface area contributed by atoms with Crippen molar-refractivity contribution in [3.05, 3.63) is 30.3 Å². The van der Waals surface area contributed by atoms with E-state index in [4.69, 9.17) is 10.2 Å². The molecular weight excluding hydrogens is 220 g/mol. The minimum absolute atomic E-state index is 0.110. The Kier molecular flexibility index (Phi) is 2.76. The molecule has 1 aromatic rings. The highest BCUT2D eigenvalue weighted by Crippen LogP contribution is 2.27. The van der Waals surface area contributed by atoms with E-state index in [9.17, 15) is 0 Å². The van der Waals surface area contributed by atoms with Crippen LogP contribution < -0.4 is 0 Å². The molecule has 0 radical (unpaired) electrons. The molecule has 0 atom stereocenters. The zero-order chi connectivity index (χ0) is 9.14. The second-order valence-corrected chi connectivity index (χ2v) is 3.00. The molecule has 0 aliphatic heterocycles. The summed E-state index contributed by atoms with van der Waals surface area (Å²) in [7, 11) is 0. The fraction of sp³-hybridized carbons (Fsp3) is 0.111. The number of halogens is 1. The Morgan fingerprint density at radius 1 is 1.33 bits per heavy atom. The Balaban J connectivity index is 3.05. The van der Waals surface area contributed by atoms with E-state index in [0.717, 1.165) is 11.1 Å². The van der Waals surface area contributed by atoms with Crippen molar-refractivity contribution in [2.75, 3.05) is 5.33 Å². The van der Waals surface area contributed by atoms with Gasteiger partial charge in [0.15, 0.2) is 11.5 Å². The molecule has 2 N–H and O–H groups in total. The predicted octanol–water partition coefficient (Wildman–Crippen LogP) is 2.51. The summed E-state index contributed by atoms with van der Waals surface area (Å²) in [5.74, 6) is -0.226. The van der Waals surface area contributed by atoms with Gasteiger partial charge in [0.2, 0.25) is 0 Å². The van der Waals surface area contributed by atoms with Gasteiger partial charge >= 0.3 is 0 Å². The van der Waals surface area contributed by atoms with Gasteiger partial charge in [-0.1, -0.05) is 28.6 Å². The molecule has 1 rings (SSSR count). The van der Waals surface area contributed by atoms with Crippen molar-refractivity contribution in [1.29, 1.82) is 0 Å². The summed E-state index contributed by atoms with van der Waals surface area (Å²) < 4.78 is 0. The van der Waals surface area contributed by atoms with Crippen molar-refractivity contribution < 1.29 is 10.2 Å². The molecule has 0 unspecified atom stereocenters. The third-order valence-corrected chi connectivity index (χ3v) is 2.22. The van der Waals surface area contributed by atoms with Gasteiger partial charge in [0.25, 0.3) is 0 Å². The van der Waals surface area contributed by atoms with E-state index in [1.54, 1.807) is 6.07 Å². The molecule has 0 amide bonds. The third kappa shape index (κ3) is 1.80. The highest BCUT2D eigenvalue weighted by Gasteiger charge is 2.01. The Hall–Kier alpha value is -0.960. The van der Waals surface area contributed by atoms with E-state index >= 15 is 0 Å². The van der Waals surface area contributed by atoms with Crippen molar-refractivity contribution in [3.8, 4) is 11.5 Å². The molecule has 0 saturated carbocycles. The van der Waals surface area contributed by atoms with Crippen LogP contribution in [-0.4, -0.2) is 15.5 Å². The largest absolute Gasteiger partial charge is 0.504 e. The molecule has 3 heteroatoms. The minimum atomic E-state index is -0.116. The Morgan fingerprint density at radius 2 is 2.00 bits per heavy atom. The molecule has 0 fully saturated rings. The van der Waals surface area contributed by atoms with Gasteiger partial charge in [0.1, 0.15) is 0 Å². The van der Waals surface area contributed by atoms with Gasteiger partial charge in [-0.25, -0.2) is 0 Å². The van der Waals surface area contributed by atoms with Gasteiger partial charge in [-0.05, 0) is 23.3 Å². The van der Waals surface area contributed by atoms with Crippen LogP contribution in [0.2, 0.25) is 0 Å². The molecule has 2 nitrogen and oxygen atoms in total. The summed E-state index contributed by atoms with van der Waals surface area (Å²) in [6.45, 7) is 3.77. The van der Waals surface area contributed by atoms with E-state index < -0.39 is 0 Å². The number of hydrogen-bond acceptors (Lipinski definition) is 2. The quantitative estimate of drug-likeness (QED) is 0.604. The lowest BCUT2D eigenvalue weighted by molar-refractivity contribution is 0.403. The van der Waals surface area contributed by atoms with E-state index in [1.807, 2.05) is 0 Å². The van der Waals surface area contributed by atoms with Crippen LogP contribution in [0, 0.1) is 0 Å². The average molecular weight is 229 g/mol. The second-order valence-electron chi connectivity index (χ2n) is 2.44. The maximum atomic E-state index is 9.14. The number of phenols is 2. The summed E-state index contributed by atoms with van der Waals surface area (Å²) >= 11 is 3.25. The highest BCUT2D eigenvalue weighted by molar-refractivity contribution is 9.09. The number of allylic oxidation sites excluding steroid dienone is 1. The minimum Gasteiger partial charge on any atom is -0.504 e. The van der Waals surface area contributed by atoms with Crippen LogP contribution in [0.25, 0.3) is 5.57 Å². The number of aromatic hydroxyl groups is 2. The van der Waals surface area contributed by atoms with Gasteiger partial charge in [-0.15, -0.1) is 0 Å². The summed E-state index contributed by atoms with van der Waals surface area (Å²) in [4.78, 5) is 0. The number of rotatable bonds is 2. The van der Waals surface area contributed by atoms with E-state index in [2.05, 4.69) is 22.5 Å².